The third kappa shape index (κ3) is 14.9. The molecule has 0 heterocycles. The first-order valence-electron chi connectivity index (χ1n) is 24.1. The first-order chi connectivity index (χ1) is 26.8. The van der Waals surface area contributed by atoms with Gasteiger partial charge in [0.25, 0.3) is 0 Å². The molecule has 0 radical (unpaired) electrons. The highest BCUT2D eigenvalue weighted by molar-refractivity contribution is 5.80. The number of benzene rings is 1. The molecule has 0 amide bonds. The predicted octanol–water partition coefficient (Wildman–Crippen LogP) is 15.6. The van der Waals surface area contributed by atoms with Crippen LogP contribution in [0.15, 0.2) is 0 Å². The molecule has 0 saturated heterocycles. The lowest BCUT2D eigenvalue weighted by molar-refractivity contribution is -0.193. The summed E-state index contributed by atoms with van der Waals surface area (Å²) in [6.07, 6.45) is 0. The second kappa shape index (κ2) is 23.3. The predicted molar refractivity (Wildman–Crippen MR) is 275 cm³/mol. The highest BCUT2D eigenvalue weighted by Crippen LogP contribution is 2.68. The number of carbonyl (C=O) groups is 1. The Morgan fingerprint density at radius 3 is 0.754 bits per heavy atom. The summed E-state index contributed by atoms with van der Waals surface area (Å²) in [6, 6.07) is 0. The number of ketones is 1. The lowest BCUT2D eigenvalue weighted by Crippen LogP contribution is -2.63. The Bertz CT molecular complexity index is 1280. The summed E-state index contributed by atoms with van der Waals surface area (Å²) in [4.78, 5) is 15.3. The highest BCUT2D eigenvalue weighted by atomic mass is 16.6. The van der Waals surface area contributed by atoms with E-state index in [-0.39, 0.29) is 33.5 Å². The van der Waals surface area contributed by atoms with Gasteiger partial charge in [0.05, 0.1) is 11.2 Å². The molecule has 1 aromatic rings. The standard InChI is InChI=1S/C16H32.C12H28N2.C12H18.C10H22O2.C6H12O/c1-11-13(3,4)15(7,8)12(2)16(9,10)14(11,5)6;1-9-13(7)11(3,4)12(5,6)14(8)10-2;1-7-8(2)10(4)12(6)11(5)9(7)3;1-7-11-9(3,4)10(5,6)12-8-2;1-5(7)6(2,3)4/h11-12H,1-10H3;9-10H2,1-8H3;1-6H3;7-8H2,1-6H3;1-4H3. The zero-order chi connectivity index (χ0) is 50.1. The van der Waals surface area contributed by atoms with Crippen LogP contribution in [0.1, 0.15) is 213 Å². The SMILES string of the molecule is CC(=O)C(C)(C)C.CC1C(C)(C)C(C)(C)C(C)C(C)(C)C1(C)C.CCN(C)C(C)(C)C(C)(C)N(C)CC.CCOC(C)(C)C(C)(C)OCC.Cc1c(C)c(C)c(C)c(C)c1C. The first kappa shape index (κ1) is 64.0. The molecular formula is C56H112N2O3. The quantitative estimate of drug-likeness (QED) is 0.234. The molecule has 1 saturated carbocycles. The van der Waals surface area contributed by atoms with E-state index >= 15 is 0 Å². The van der Waals surface area contributed by atoms with E-state index in [9.17, 15) is 4.79 Å². The van der Waals surface area contributed by atoms with E-state index in [1.807, 2.05) is 34.6 Å². The van der Waals surface area contributed by atoms with Crippen LogP contribution in [0.25, 0.3) is 0 Å². The van der Waals surface area contributed by atoms with Crippen molar-refractivity contribution in [2.24, 2.45) is 38.9 Å². The molecular weight excluding hydrogens is 749 g/mol. The monoisotopic (exact) mass is 861 g/mol. The first-order valence-corrected chi connectivity index (χ1v) is 24.1. The third-order valence-corrected chi connectivity index (χ3v) is 18.9. The summed E-state index contributed by atoms with van der Waals surface area (Å²) in [6.45, 7) is 74.8. The molecule has 0 atom stereocenters. The van der Waals surface area contributed by atoms with Crippen molar-refractivity contribution in [3.05, 3.63) is 33.4 Å². The van der Waals surface area contributed by atoms with Crippen LogP contribution >= 0.6 is 0 Å². The topological polar surface area (TPSA) is 42.0 Å². The third-order valence-electron chi connectivity index (χ3n) is 18.9. The second-order valence-electron chi connectivity index (χ2n) is 23.9. The van der Waals surface area contributed by atoms with E-state index in [4.69, 9.17) is 9.47 Å². The Morgan fingerprint density at radius 1 is 0.475 bits per heavy atom. The van der Waals surface area contributed by atoms with Crippen molar-refractivity contribution in [2.75, 3.05) is 40.4 Å². The van der Waals surface area contributed by atoms with E-state index in [0.717, 1.165) is 38.1 Å². The van der Waals surface area contributed by atoms with Crippen LogP contribution in [-0.4, -0.2) is 78.3 Å². The van der Waals surface area contributed by atoms with Gasteiger partial charge in [0.2, 0.25) is 0 Å². The zero-order valence-electron chi connectivity index (χ0n) is 48.1. The molecule has 5 heteroatoms. The summed E-state index contributed by atoms with van der Waals surface area (Å²) in [5.41, 5.74) is 10.1. The molecule has 0 unspecified atom stereocenters. The van der Waals surface area contributed by atoms with Gasteiger partial charge in [-0.2, -0.15) is 0 Å². The smallest absolute Gasteiger partial charge is 0.135 e. The minimum absolute atomic E-state index is 0.139. The van der Waals surface area contributed by atoms with Gasteiger partial charge in [-0.3, -0.25) is 14.6 Å². The number of carbonyl (C=O) groups excluding carboxylic acids is 1. The van der Waals surface area contributed by atoms with Crippen molar-refractivity contribution >= 4 is 5.78 Å². The van der Waals surface area contributed by atoms with Crippen molar-refractivity contribution in [1.29, 1.82) is 0 Å². The molecule has 2 rings (SSSR count). The minimum Gasteiger partial charge on any atom is -0.373 e. The van der Waals surface area contributed by atoms with Gasteiger partial charge in [-0.1, -0.05) is 104 Å². The molecule has 364 valence electrons. The van der Waals surface area contributed by atoms with Crippen molar-refractivity contribution in [2.45, 2.75) is 244 Å². The lowest BCUT2D eigenvalue weighted by Gasteiger charge is -2.67. The lowest BCUT2D eigenvalue weighted by atomic mass is 9.37. The maximum Gasteiger partial charge on any atom is 0.135 e. The Balaban J connectivity index is -0.000000703. The largest absolute Gasteiger partial charge is 0.373 e. The summed E-state index contributed by atoms with van der Waals surface area (Å²) in [7, 11) is 4.40. The summed E-state index contributed by atoms with van der Waals surface area (Å²) < 4.78 is 11.2. The molecule has 0 spiro atoms. The fourth-order valence-electron chi connectivity index (χ4n) is 8.52. The van der Waals surface area contributed by atoms with E-state index in [2.05, 4.69) is 204 Å². The number of hydrogen-bond acceptors (Lipinski definition) is 5. The molecule has 0 N–H and O–H groups in total. The van der Waals surface area contributed by atoms with Gasteiger partial charge in [-0.25, -0.2) is 0 Å². The molecule has 1 aliphatic carbocycles. The van der Waals surface area contributed by atoms with E-state index in [1.54, 1.807) is 6.92 Å². The molecule has 0 aromatic heterocycles. The highest BCUT2D eigenvalue weighted by Gasteiger charge is 2.62. The molecule has 1 fully saturated rings. The van der Waals surface area contributed by atoms with Crippen LogP contribution in [0.5, 0.6) is 0 Å². The normalized spacial score (nSPS) is 19.6. The Labute approximate surface area is 385 Å². The fraction of sp³-hybridized carbons (Fsp3) is 0.875. The zero-order valence-corrected chi connectivity index (χ0v) is 48.1. The van der Waals surface area contributed by atoms with Gasteiger partial charge >= 0.3 is 0 Å². The van der Waals surface area contributed by atoms with Crippen molar-refractivity contribution in [3.63, 3.8) is 0 Å². The maximum absolute atomic E-state index is 10.5. The van der Waals surface area contributed by atoms with E-state index in [1.165, 1.54) is 33.4 Å². The van der Waals surface area contributed by atoms with Gasteiger partial charge < -0.3 is 9.47 Å². The van der Waals surface area contributed by atoms with Gasteiger partial charge in [0, 0.05) is 29.7 Å². The molecule has 1 aromatic carbocycles. The average molecular weight is 862 g/mol. The van der Waals surface area contributed by atoms with Gasteiger partial charge in [0.15, 0.2) is 0 Å². The maximum atomic E-state index is 10.5. The summed E-state index contributed by atoms with van der Waals surface area (Å²) in [5.74, 6) is 1.72. The van der Waals surface area contributed by atoms with Crippen molar-refractivity contribution < 1.29 is 14.3 Å². The average Bonchev–Trinajstić information content (AvgIpc) is 3.13. The molecule has 61 heavy (non-hydrogen) atoms. The molecule has 1 aliphatic rings. The van der Waals surface area contributed by atoms with Crippen LogP contribution in [0.3, 0.4) is 0 Å². The molecule has 0 aliphatic heterocycles. The molecule has 0 bridgehead atoms. The van der Waals surface area contributed by atoms with E-state index < -0.39 is 0 Å². The number of hydrogen-bond donors (Lipinski definition) is 0. The Kier molecular flexibility index (Phi) is 24.4. The van der Waals surface area contributed by atoms with Crippen LogP contribution in [0.2, 0.25) is 0 Å². The molecule has 5 nitrogen and oxygen atoms in total. The van der Waals surface area contributed by atoms with Crippen LogP contribution in [-0.2, 0) is 14.3 Å². The fourth-order valence-corrected chi connectivity index (χ4v) is 8.52. The van der Waals surface area contributed by atoms with Crippen LogP contribution in [0.4, 0.5) is 0 Å². The number of rotatable bonds is 10. The minimum atomic E-state index is -0.224. The Hall–Kier alpha value is -1.27. The number of nitrogens with zero attached hydrogens (tertiary/aromatic N) is 2. The van der Waals surface area contributed by atoms with E-state index in [0.29, 0.717) is 21.7 Å². The Morgan fingerprint density at radius 2 is 0.639 bits per heavy atom. The van der Waals surface area contributed by atoms with Crippen molar-refractivity contribution in [3.8, 4) is 0 Å². The van der Waals surface area contributed by atoms with Gasteiger partial charge in [0.1, 0.15) is 5.78 Å². The number of likely N-dealkylation sites (N-methyl/N-ethyl adjacent to an activating group) is 2. The summed E-state index contributed by atoms with van der Waals surface area (Å²) in [5, 5.41) is 0. The number of Topliss-reactive ketones (excluding diaryl/α,β-unsaturated/α-hetero) is 1. The summed E-state index contributed by atoms with van der Waals surface area (Å²) >= 11 is 0. The van der Waals surface area contributed by atoms with Crippen molar-refractivity contribution in [1.82, 2.24) is 9.80 Å². The number of ether oxygens (including phenoxy) is 2. The van der Waals surface area contributed by atoms with Crippen LogP contribution < -0.4 is 0 Å². The van der Waals surface area contributed by atoms with Gasteiger partial charge in [-0.05, 0) is 212 Å². The van der Waals surface area contributed by atoms with Crippen LogP contribution in [0, 0.1) is 80.5 Å². The van der Waals surface area contributed by atoms with Gasteiger partial charge in [-0.15, -0.1) is 0 Å². The second-order valence-corrected chi connectivity index (χ2v) is 23.9.